The van der Waals surface area contributed by atoms with Gasteiger partial charge in [0.15, 0.2) is 0 Å². The largest absolute Gasteiger partial charge is 0.479 e. The molecule has 3 rings (SSSR count). The summed E-state index contributed by atoms with van der Waals surface area (Å²) in [4.78, 5) is 12.7. The lowest BCUT2D eigenvalue weighted by atomic mass is 9.96. The number of H-pyrrole nitrogens is 1. The molecule has 2 heterocycles. The zero-order valence-electron chi connectivity index (χ0n) is 11.7. The molecule has 2 N–H and O–H groups in total. The van der Waals surface area contributed by atoms with Crippen molar-refractivity contribution in [3.63, 3.8) is 0 Å². The van der Waals surface area contributed by atoms with Gasteiger partial charge in [0.05, 0.1) is 18.2 Å². The van der Waals surface area contributed by atoms with Crippen molar-refractivity contribution in [3.05, 3.63) is 36.4 Å². The van der Waals surface area contributed by atoms with Crippen molar-refractivity contribution >= 4 is 41.8 Å². The fraction of sp³-hybridized carbons (Fsp3) is 0.143. The number of aryl methyl sites for hydroxylation is 1. The Hall–Kier alpha value is -2.15. The number of hydrogen-bond donors (Lipinski definition) is 2. The van der Waals surface area contributed by atoms with E-state index in [1.54, 1.807) is 13.3 Å². The van der Waals surface area contributed by atoms with Gasteiger partial charge in [-0.2, -0.15) is 4.98 Å². The molecule has 0 atom stereocenters. The number of ether oxygens (including phenoxy) is 1. The zero-order valence-corrected chi connectivity index (χ0v) is 12.5. The predicted molar refractivity (Wildman–Crippen MR) is 86.5 cm³/mol. The number of aromatic amines is 1. The highest BCUT2D eigenvalue weighted by atomic mass is 32.2. The number of aromatic nitrogens is 3. The SMILES string of the molecule is [B]c1ccc2c(SNc3cnc(C)nc3OC)c[nH]c2c1. The van der Waals surface area contributed by atoms with E-state index in [1.807, 2.05) is 31.3 Å². The van der Waals surface area contributed by atoms with Gasteiger partial charge in [-0.25, -0.2) is 4.98 Å². The second kappa shape index (κ2) is 5.69. The molecule has 0 aliphatic heterocycles. The average Bonchev–Trinajstić information content (AvgIpc) is 2.88. The average molecular weight is 296 g/mol. The molecule has 0 aliphatic carbocycles. The van der Waals surface area contributed by atoms with Crippen LogP contribution >= 0.6 is 11.9 Å². The lowest BCUT2D eigenvalue weighted by Crippen LogP contribution is -1.99. The van der Waals surface area contributed by atoms with E-state index < -0.39 is 0 Å². The molecular formula is C14H13BN4OS. The minimum atomic E-state index is 0.527. The summed E-state index contributed by atoms with van der Waals surface area (Å²) in [5.74, 6) is 1.20. The van der Waals surface area contributed by atoms with Crippen LogP contribution in [0.2, 0.25) is 0 Å². The van der Waals surface area contributed by atoms with Crippen LogP contribution in [0.25, 0.3) is 10.9 Å². The third kappa shape index (κ3) is 2.83. The first-order chi connectivity index (χ1) is 10.2. The topological polar surface area (TPSA) is 62.8 Å². The Kier molecular flexibility index (Phi) is 3.75. The van der Waals surface area contributed by atoms with Gasteiger partial charge in [-0.05, 0) is 24.9 Å². The lowest BCUT2D eigenvalue weighted by Gasteiger charge is -2.08. The normalized spacial score (nSPS) is 10.8. The van der Waals surface area contributed by atoms with Crippen molar-refractivity contribution in [2.75, 3.05) is 11.8 Å². The molecular weight excluding hydrogens is 283 g/mol. The first kappa shape index (κ1) is 13.8. The third-order valence-electron chi connectivity index (χ3n) is 3.01. The van der Waals surface area contributed by atoms with E-state index in [2.05, 4.69) is 19.7 Å². The Labute approximate surface area is 128 Å². The summed E-state index contributed by atoms with van der Waals surface area (Å²) < 4.78 is 8.46. The number of anilines is 1. The number of nitrogens with one attached hydrogen (secondary N) is 2. The summed E-state index contributed by atoms with van der Waals surface area (Å²) >= 11 is 1.47. The fourth-order valence-electron chi connectivity index (χ4n) is 1.99. The first-order valence-electron chi connectivity index (χ1n) is 6.34. The molecule has 0 aliphatic rings. The summed E-state index contributed by atoms with van der Waals surface area (Å²) in [6.07, 6.45) is 3.64. The van der Waals surface area contributed by atoms with Crippen LogP contribution < -0.4 is 14.9 Å². The van der Waals surface area contributed by atoms with Gasteiger partial charge < -0.3 is 14.4 Å². The van der Waals surface area contributed by atoms with E-state index in [0.717, 1.165) is 26.9 Å². The summed E-state index contributed by atoms with van der Waals surface area (Å²) in [6, 6.07) is 5.79. The molecule has 104 valence electrons. The smallest absolute Gasteiger partial charge is 0.241 e. The van der Waals surface area contributed by atoms with E-state index in [-0.39, 0.29) is 0 Å². The van der Waals surface area contributed by atoms with E-state index in [0.29, 0.717) is 11.7 Å². The van der Waals surface area contributed by atoms with Crippen LogP contribution in [0.1, 0.15) is 5.82 Å². The number of benzene rings is 1. The summed E-state index contributed by atoms with van der Waals surface area (Å²) in [5, 5.41) is 1.11. The van der Waals surface area contributed by atoms with Gasteiger partial charge in [0.2, 0.25) is 5.88 Å². The molecule has 1 aromatic carbocycles. The minimum absolute atomic E-state index is 0.527. The summed E-state index contributed by atoms with van der Waals surface area (Å²) in [6.45, 7) is 1.82. The lowest BCUT2D eigenvalue weighted by molar-refractivity contribution is 0.398. The van der Waals surface area contributed by atoms with E-state index in [1.165, 1.54) is 11.9 Å². The maximum absolute atomic E-state index is 5.77. The highest BCUT2D eigenvalue weighted by Crippen LogP contribution is 2.30. The molecule has 0 unspecified atom stereocenters. The maximum Gasteiger partial charge on any atom is 0.241 e. The van der Waals surface area contributed by atoms with E-state index in [4.69, 9.17) is 12.6 Å². The van der Waals surface area contributed by atoms with Crippen LogP contribution in [0.4, 0.5) is 5.69 Å². The standard InChI is InChI=1S/C14H13BN4OS/c1-8-16-6-12(14(18-8)20-2)19-21-13-7-17-11-5-9(15)3-4-10(11)13/h3-7,17,19H,1-2H3. The van der Waals surface area contributed by atoms with Crippen molar-refractivity contribution in [1.29, 1.82) is 0 Å². The Bertz CT molecular complexity index is 790. The van der Waals surface area contributed by atoms with Crippen LogP contribution in [0.5, 0.6) is 5.88 Å². The molecule has 0 saturated heterocycles. The number of rotatable bonds is 4. The van der Waals surface area contributed by atoms with E-state index >= 15 is 0 Å². The van der Waals surface area contributed by atoms with Crippen LogP contribution in [0.15, 0.2) is 35.5 Å². The summed E-state index contributed by atoms with van der Waals surface area (Å²) in [5.41, 5.74) is 2.48. The quantitative estimate of drug-likeness (QED) is 0.571. The van der Waals surface area contributed by atoms with Gasteiger partial charge in [0.25, 0.3) is 0 Å². The Morgan fingerprint density at radius 1 is 1.38 bits per heavy atom. The number of fused-ring (bicyclic) bond motifs is 1. The van der Waals surface area contributed by atoms with Crippen molar-refractivity contribution in [1.82, 2.24) is 15.0 Å². The Morgan fingerprint density at radius 2 is 2.24 bits per heavy atom. The summed E-state index contributed by atoms with van der Waals surface area (Å²) in [7, 11) is 7.36. The Balaban J connectivity index is 1.83. The van der Waals surface area contributed by atoms with Crippen LogP contribution in [0, 0.1) is 6.92 Å². The number of hydrogen-bond acceptors (Lipinski definition) is 5. The molecule has 0 fully saturated rings. The zero-order chi connectivity index (χ0) is 14.8. The maximum atomic E-state index is 5.77. The van der Waals surface area contributed by atoms with Crippen molar-refractivity contribution in [2.24, 2.45) is 0 Å². The van der Waals surface area contributed by atoms with Gasteiger partial charge in [-0.15, -0.1) is 0 Å². The fourth-order valence-corrected chi connectivity index (χ4v) is 2.75. The highest BCUT2D eigenvalue weighted by molar-refractivity contribution is 8.00. The first-order valence-corrected chi connectivity index (χ1v) is 7.16. The molecule has 0 amide bonds. The molecule has 0 spiro atoms. The molecule has 2 radical (unpaired) electrons. The van der Waals surface area contributed by atoms with Crippen molar-refractivity contribution in [3.8, 4) is 5.88 Å². The van der Waals surface area contributed by atoms with Gasteiger partial charge in [0, 0.05) is 17.1 Å². The monoisotopic (exact) mass is 296 g/mol. The van der Waals surface area contributed by atoms with Crippen molar-refractivity contribution < 1.29 is 4.74 Å². The van der Waals surface area contributed by atoms with Gasteiger partial charge in [-0.1, -0.05) is 17.6 Å². The molecule has 2 aromatic heterocycles. The van der Waals surface area contributed by atoms with Crippen molar-refractivity contribution in [2.45, 2.75) is 11.8 Å². The van der Waals surface area contributed by atoms with Gasteiger partial charge in [-0.3, -0.25) is 0 Å². The highest BCUT2D eigenvalue weighted by Gasteiger charge is 2.08. The molecule has 7 heteroatoms. The van der Waals surface area contributed by atoms with Crippen LogP contribution in [-0.4, -0.2) is 29.9 Å². The van der Waals surface area contributed by atoms with Gasteiger partial charge in [0.1, 0.15) is 19.4 Å². The Morgan fingerprint density at radius 3 is 3.05 bits per heavy atom. The second-order valence-corrected chi connectivity index (χ2v) is 5.35. The number of methoxy groups -OCH3 is 1. The third-order valence-corrected chi connectivity index (χ3v) is 3.89. The van der Waals surface area contributed by atoms with Gasteiger partial charge >= 0.3 is 0 Å². The minimum Gasteiger partial charge on any atom is -0.479 e. The molecule has 0 bridgehead atoms. The van der Waals surface area contributed by atoms with Crippen LogP contribution in [-0.2, 0) is 0 Å². The molecule has 0 saturated carbocycles. The number of nitrogens with zero attached hydrogens (tertiary/aromatic N) is 2. The second-order valence-electron chi connectivity index (χ2n) is 4.50. The molecule has 5 nitrogen and oxygen atoms in total. The van der Waals surface area contributed by atoms with Crippen LogP contribution in [0.3, 0.4) is 0 Å². The molecule has 3 aromatic rings. The molecule has 21 heavy (non-hydrogen) atoms. The predicted octanol–water partition coefficient (Wildman–Crippen LogP) is 2.19. The van der Waals surface area contributed by atoms with E-state index in [9.17, 15) is 0 Å².